The number of benzene rings is 2. The van der Waals surface area contributed by atoms with Gasteiger partial charge in [0.15, 0.2) is 5.13 Å². The number of amides is 1. The third kappa shape index (κ3) is 4.51. The van der Waals surface area contributed by atoms with E-state index in [-0.39, 0.29) is 5.91 Å². The molecular weight excluding hydrogens is 370 g/mol. The van der Waals surface area contributed by atoms with Crippen molar-refractivity contribution in [2.45, 2.75) is 20.3 Å². The van der Waals surface area contributed by atoms with Gasteiger partial charge in [-0.2, -0.15) is 0 Å². The van der Waals surface area contributed by atoms with Gasteiger partial charge in [0.2, 0.25) is 0 Å². The fourth-order valence-electron chi connectivity index (χ4n) is 3.13. The zero-order valence-corrected chi connectivity index (χ0v) is 17.8. The van der Waals surface area contributed by atoms with Crippen LogP contribution in [0.15, 0.2) is 42.5 Å². The number of fused-ring (bicyclic) bond motifs is 1. The maximum Gasteiger partial charge on any atom is 0.260 e. The van der Waals surface area contributed by atoms with E-state index in [2.05, 4.69) is 14.1 Å². The molecule has 0 aliphatic carbocycles. The van der Waals surface area contributed by atoms with Gasteiger partial charge in [0.05, 0.1) is 31.9 Å². The molecule has 0 saturated heterocycles. The Kier molecular flexibility index (Phi) is 6.65. The summed E-state index contributed by atoms with van der Waals surface area (Å²) in [6.07, 6.45) is 0.911. The van der Waals surface area contributed by atoms with Crippen LogP contribution in [0.2, 0.25) is 0 Å². The van der Waals surface area contributed by atoms with Crippen LogP contribution < -0.4 is 14.5 Å². The Bertz CT molecular complexity index is 952. The standard InChI is InChI=1S/C22H27N3O2S/c1-5-27-18-12-8-13-19-20(18)23-22(28-19)25(15-9-14-24(3)4)21(26)17-11-7-6-10-16(17)2/h6-8,10-13H,5,9,14-15H2,1-4H3/p+1. The van der Waals surface area contributed by atoms with Crippen LogP contribution >= 0.6 is 11.3 Å². The summed E-state index contributed by atoms with van der Waals surface area (Å²) >= 11 is 1.54. The molecule has 0 unspecified atom stereocenters. The van der Waals surface area contributed by atoms with Gasteiger partial charge in [-0.3, -0.25) is 9.69 Å². The number of para-hydroxylation sites is 1. The molecule has 3 aromatic rings. The van der Waals surface area contributed by atoms with Crippen molar-refractivity contribution in [3.8, 4) is 5.75 Å². The molecule has 2 aromatic carbocycles. The monoisotopic (exact) mass is 398 g/mol. The van der Waals surface area contributed by atoms with Gasteiger partial charge in [-0.15, -0.1) is 0 Å². The smallest absolute Gasteiger partial charge is 0.260 e. The number of hydrogen-bond donors (Lipinski definition) is 1. The van der Waals surface area contributed by atoms with E-state index < -0.39 is 0 Å². The molecule has 0 aliphatic heterocycles. The van der Waals surface area contributed by atoms with Crippen molar-refractivity contribution in [2.75, 3.05) is 38.7 Å². The van der Waals surface area contributed by atoms with Gasteiger partial charge >= 0.3 is 0 Å². The van der Waals surface area contributed by atoms with E-state index in [9.17, 15) is 4.79 Å². The summed E-state index contributed by atoms with van der Waals surface area (Å²) < 4.78 is 6.76. The molecule has 0 aliphatic rings. The Hall–Kier alpha value is -2.44. The molecule has 0 fully saturated rings. The highest BCUT2D eigenvalue weighted by Gasteiger charge is 2.23. The number of ether oxygens (including phenoxy) is 1. The second-order valence-corrected chi connectivity index (χ2v) is 8.12. The molecule has 5 nitrogen and oxygen atoms in total. The molecule has 148 valence electrons. The van der Waals surface area contributed by atoms with Gasteiger partial charge in [0.1, 0.15) is 11.3 Å². The summed E-state index contributed by atoms with van der Waals surface area (Å²) in [6, 6.07) is 13.7. The Morgan fingerprint density at radius 1 is 1.18 bits per heavy atom. The number of aryl methyl sites for hydroxylation is 1. The van der Waals surface area contributed by atoms with Crippen LogP contribution in [0.4, 0.5) is 5.13 Å². The van der Waals surface area contributed by atoms with Gasteiger partial charge in [0.25, 0.3) is 5.91 Å². The minimum atomic E-state index is 0.00359. The minimum Gasteiger partial charge on any atom is -0.492 e. The normalized spacial score (nSPS) is 11.2. The first-order chi connectivity index (χ1) is 13.5. The largest absolute Gasteiger partial charge is 0.492 e. The molecule has 28 heavy (non-hydrogen) atoms. The van der Waals surface area contributed by atoms with Crippen LogP contribution in [0.25, 0.3) is 10.2 Å². The zero-order chi connectivity index (χ0) is 20.1. The van der Waals surface area contributed by atoms with E-state index in [1.807, 2.05) is 61.2 Å². The van der Waals surface area contributed by atoms with Gasteiger partial charge in [0, 0.05) is 18.5 Å². The molecule has 0 spiro atoms. The number of carbonyl (C=O) groups is 1. The highest BCUT2D eigenvalue weighted by Crippen LogP contribution is 2.35. The number of thiazole rings is 1. The van der Waals surface area contributed by atoms with Crippen LogP contribution in [-0.2, 0) is 0 Å². The first kappa shape index (κ1) is 20.3. The number of quaternary nitrogens is 1. The maximum absolute atomic E-state index is 13.4. The molecule has 0 bridgehead atoms. The Morgan fingerprint density at radius 3 is 2.68 bits per heavy atom. The van der Waals surface area contributed by atoms with Gasteiger partial charge < -0.3 is 9.64 Å². The summed E-state index contributed by atoms with van der Waals surface area (Å²) in [4.78, 5) is 21.4. The Balaban J connectivity index is 1.98. The molecule has 0 atom stereocenters. The van der Waals surface area contributed by atoms with E-state index >= 15 is 0 Å². The first-order valence-electron chi connectivity index (χ1n) is 9.70. The van der Waals surface area contributed by atoms with Gasteiger partial charge in [-0.1, -0.05) is 35.6 Å². The fraction of sp³-hybridized carbons (Fsp3) is 0.364. The van der Waals surface area contributed by atoms with Crippen molar-refractivity contribution >= 4 is 32.6 Å². The summed E-state index contributed by atoms with van der Waals surface area (Å²) in [5.74, 6) is 0.771. The molecule has 3 rings (SSSR count). The summed E-state index contributed by atoms with van der Waals surface area (Å²) in [5.41, 5.74) is 2.53. The van der Waals surface area contributed by atoms with E-state index in [1.54, 1.807) is 11.3 Å². The fourth-order valence-corrected chi connectivity index (χ4v) is 4.14. The van der Waals surface area contributed by atoms with Crippen molar-refractivity contribution < 1.29 is 14.4 Å². The summed E-state index contributed by atoms with van der Waals surface area (Å²) in [6.45, 7) is 6.16. The van der Waals surface area contributed by atoms with Crippen molar-refractivity contribution in [3.63, 3.8) is 0 Å². The lowest BCUT2D eigenvalue weighted by atomic mass is 10.1. The number of carbonyl (C=O) groups excluding carboxylic acids is 1. The predicted molar refractivity (Wildman–Crippen MR) is 116 cm³/mol. The van der Waals surface area contributed by atoms with Gasteiger partial charge in [-0.05, 0) is 37.6 Å². The minimum absolute atomic E-state index is 0.00359. The van der Waals surface area contributed by atoms with Crippen molar-refractivity contribution in [3.05, 3.63) is 53.6 Å². The van der Waals surface area contributed by atoms with E-state index in [1.165, 1.54) is 4.90 Å². The molecule has 1 amide bonds. The third-order valence-corrected chi connectivity index (χ3v) is 5.62. The van der Waals surface area contributed by atoms with E-state index in [4.69, 9.17) is 9.72 Å². The molecule has 0 radical (unpaired) electrons. The van der Waals surface area contributed by atoms with Crippen LogP contribution in [0.3, 0.4) is 0 Å². The van der Waals surface area contributed by atoms with Crippen LogP contribution in [0.1, 0.15) is 29.3 Å². The van der Waals surface area contributed by atoms with E-state index in [0.717, 1.165) is 45.2 Å². The molecular formula is C22H28N3O2S+. The number of nitrogens with zero attached hydrogens (tertiary/aromatic N) is 2. The summed E-state index contributed by atoms with van der Waals surface area (Å²) in [7, 11) is 4.25. The summed E-state index contributed by atoms with van der Waals surface area (Å²) in [5, 5.41) is 0.726. The zero-order valence-electron chi connectivity index (χ0n) is 17.0. The van der Waals surface area contributed by atoms with Crippen LogP contribution in [0.5, 0.6) is 5.75 Å². The second-order valence-electron chi connectivity index (χ2n) is 7.11. The SMILES string of the molecule is CCOc1cccc2sc(N(CCC[NH+](C)C)C(=O)c3ccccc3C)nc12. The highest BCUT2D eigenvalue weighted by atomic mass is 32.1. The number of aromatic nitrogens is 1. The predicted octanol–water partition coefficient (Wildman–Crippen LogP) is 3.18. The highest BCUT2D eigenvalue weighted by molar-refractivity contribution is 7.22. The quantitative estimate of drug-likeness (QED) is 0.634. The Labute approximate surface area is 170 Å². The number of nitrogens with one attached hydrogen (secondary N) is 1. The molecule has 1 aromatic heterocycles. The van der Waals surface area contributed by atoms with Crippen LogP contribution in [-0.4, -0.2) is 44.7 Å². The molecule has 1 N–H and O–H groups in total. The first-order valence-corrected chi connectivity index (χ1v) is 10.5. The lowest BCUT2D eigenvalue weighted by Gasteiger charge is -2.21. The number of hydrogen-bond acceptors (Lipinski definition) is 4. The average molecular weight is 399 g/mol. The van der Waals surface area contributed by atoms with Crippen molar-refractivity contribution in [2.24, 2.45) is 0 Å². The van der Waals surface area contributed by atoms with Gasteiger partial charge in [-0.25, -0.2) is 4.98 Å². The molecule has 1 heterocycles. The van der Waals surface area contributed by atoms with Crippen molar-refractivity contribution in [1.82, 2.24) is 4.98 Å². The third-order valence-electron chi connectivity index (χ3n) is 4.58. The number of rotatable bonds is 8. The second kappa shape index (κ2) is 9.17. The van der Waals surface area contributed by atoms with E-state index in [0.29, 0.717) is 13.2 Å². The molecule has 6 heteroatoms. The number of anilines is 1. The topological polar surface area (TPSA) is 46.9 Å². The molecule has 0 saturated carbocycles. The van der Waals surface area contributed by atoms with Crippen LogP contribution in [0, 0.1) is 6.92 Å². The maximum atomic E-state index is 13.4. The lowest BCUT2D eigenvalue weighted by Crippen LogP contribution is -3.05. The van der Waals surface area contributed by atoms with Crippen molar-refractivity contribution in [1.29, 1.82) is 0 Å². The average Bonchev–Trinajstić information content (AvgIpc) is 3.10. The lowest BCUT2D eigenvalue weighted by molar-refractivity contribution is -0.858. The Morgan fingerprint density at radius 2 is 1.96 bits per heavy atom.